The van der Waals surface area contributed by atoms with Gasteiger partial charge in [-0.1, -0.05) is 0 Å². The summed E-state index contributed by atoms with van der Waals surface area (Å²) in [5.74, 6) is -0.209. The van der Waals surface area contributed by atoms with Crippen molar-refractivity contribution in [3.8, 4) is 11.1 Å². The number of hydrogen-bond acceptors (Lipinski definition) is 3. The van der Waals surface area contributed by atoms with E-state index >= 15 is 0 Å². The minimum atomic E-state index is -4.48. The van der Waals surface area contributed by atoms with Crippen LogP contribution in [0.5, 0.6) is 0 Å². The van der Waals surface area contributed by atoms with E-state index in [0.29, 0.717) is 33.4 Å². The predicted molar refractivity (Wildman–Crippen MR) is 95.1 cm³/mol. The van der Waals surface area contributed by atoms with E-state index in [1.165, 1.54) is 10.9 Å². The van der Waals surface area contributed by atoms with Gasteiger partial charge in [0.05, 0.1) is 23.0 Å². The van der Waals surface area contributed by atoms with E-state index in [4.69, 9.17) is 0 Å². The number of nitrogens with zero attached hydrogens (tertiary/aromatic N) is 3. The molecular formula is C18H20F3N5O. The third-order valence-electron chi connectivity index (χ3n) is 4.28. The molecule has 0 atom stereocenters. The lowest BCUT2D eigenvalue weighted by Gasteiger charge is -2.12. The molecule has 0 radical (unpaired) electrons. The summed E-state index contributed by atoms with van der Waals surface area (Å²) in [5, 5.41) is 14.2. The molecule has 0 aliphatic heterocycles. The van der Waals surface area contributed by atoms with Crippen LogP contribution in [-0.4, -0.2) is 31.9 Å². The van der Waals surface area contributed by atoms with Crippen LogP contribution in [0.3, 0.4) is 0 Å². The van der Waals surface area contributed by atoms with Gasteiger partial charge in [0.15, 0.2) is 0 Å². The monoisotopic (exact) mass is 379 g/mol. The van der Waals surface area contributed by atoms with Crippen molar-refractivity contribution in [2.45, 2.75) is 46.5 Å². The van der Waals surface area contributed by atoms with E-state index in [1.54, 1.807) is 13.8 Å². The summed E-state index contributed by atoms with van der Waals surface area (Å²) < 4.78 is 41.4. The Kier molecular flexibility index (Phi) is 4.71. The van der Waals surface area contributed by atoms with Gasteiger partial charge in [-0.2, -0.15) is 23.4 Å². The molecular weight excluding hydrogens is 359 g/mol. The fourth-order valence-electron chi connectivity index (χ4n) is 3.17. The normalized spacial score (nSPS) is 12.1. The minimum Gasteiger partial charge on any atom is -0.352 e. The third-order valence-corrected chi connectivity index (χ3v) is 4.28. The van der Waals surface area contributed by atoms with Crippen molar-refractivity contribution < 1.29 is 18.0 Å². The molecule has 0 fully saturated rings. The first-order valence-electron chi connectivity index (χ1n) is 8.46. The smallest absolute Gasteiger partial charge is 0.352 e. The number of aromatic nitrogens is 4. The molecule has 0 saturated carbocycles. The molecule has 9 heteroatoms. The maximum atomic E-state index is 13.3. The highest BCUT2D eigenvalue weighted by Gasteiger charge is 2.32. The number of hydrogen-bond donors (Lipinski definition) is 2. The lowest BCUT2D eigenvalue weighted by Crippen LogP contribution is -2.33. The first-order chi connectivity index (χ1) is 12.6. The Balaban J connectivity index is 2.12. The van der Waals surface area contributed by atoms with Gasteiger partial charge in [0.2, 0.25) is 5.91 Å². The number of amides is 1. The SMILES string of the molecule is Cc1nn(CC(=O)NC(C)C)c(C)c1-c1cc(C(F)(F)F)cc2[nH]ncc12. The van der Waals surface area contributed by atoms with E-state index in [1.807, 2.05) is 13.8 Å². The van der Waals surface area contributed by atoms with E-state index in [-0.39, 0.29) is 18.5 Å². The summed E-state index contributed by atoms with van der Waals surface area (Å²) in [6.45, 7) is 7.15. The number of H-pyrrole nitrogens is 1. The number of carbonyl (C=O) groups is 1. The fraction of sp³-hybridized carbons (Fsp3) is 0.389. The number of rotatable bonds is 4. The summed E-state index contributed by atoms with van der Waals surface area (Å²) in [5.41, 5.74) is 1.66. The molecule has 144 valence electrons. The van der Waals surface area contributed by atoms with Crippen molar-refractivity contribution in [3.63, 3.8) is 0 Å². The van der Waals surface area contributed by atoms with Gasteiger partial charge >= 0.3 is 6.18 Å². The average Bonchev–Trinajstić information content (AvgIpc) is 3.10. The molecule has 0 unspecified atom stereocenters. The molecule has 2 heterocycles. The molecule has 0 aliphatic carbocycles. The summed E-state index contributed by atoms with van der Waals surface area (Å²) in [4.78, 5) is 12.1. The van der Waals surface area contributed by atoms with Gasteiger partial charge in [0.1, 0.15) is 6.54 Å². The second-order valence-electron chi connectivity index (χ2n) is 6.78. The summed E-state index contributed by atoms with van der Waals surface area (Å²) in [7, 11) is 0. The van der Waals surface area contributed by atoms with Crippen LogP contribution in [0.1, 0.15) is 30.8 Å². The van der Waals surface area contributed by atoms with Crippen molar-refractivity contribution in [1.82, 2.24) is 25.3 Å². The van der Waals surface area contributed by atoms with E-state index < -0.39 is 11.7 Å². The van der Waals surface area contributed by atoms with E-state index in [0.717, 1.165) is 12.1 Å². The molecule has 0 saturated heterocycles. The number of alkyl halides is 3. The Bertz CT molecular complexity index is 1000. The van der Waals surface area contributed by atoms with Gasteiger partial charge in [-0.25, -0.2) is 0 Å². The van der Waals surface area contributed by atoms with Crippen LogP contribution in [0, 0.1) is 13.8 Å². The highest BCUT2D eigenvalue weighted by Crippen LogP contribution is 2.38. The molecule has 27 heavy (non-hydrogen) atoms. The highest BCUT2D eigenvalue weighted by atomic mass is 19.4. The fourth-order valence-corrected chi connectivity index (χ4v) is 3.17. The lowest BCUT2D eigenvalue weighted by molar-refractivity contribution is -0.137. The third kappa shape index (κ3) is 3.67. The Hall–Kier alpha value is -2.84. The predicted octanol–water partition coefficient (Wildman–Crippen LogP) is 3.59. The Labute approximate surface area is 153 Å². The number of nitrogens with one attached hydrogen (secondary N) is 2. The van der Waals surface area contributed by atoms with Gasteiger partial charge < -0.3 is 5.32 Å². The number of aromatic amines is 1. The van der Waals surface area contributed by atoms with Crippen molar-refractivity contribution >= 4 is 16.8 Å². The maximum Gasteiger partial charge on any atom is 0.416 e. The Morgan fingerprint density at radius 1 is 1.30 bits per heavy atom. The molecule has 3 rings (SSSR count). The van der Waals surface area contributed by atoms with E-state index in [2.05, 4.69) is 20.6 Å². The first kappa shape index (κ1) is 18.9. The van der Waals surface area contributed by atoms with Gasteiger partial charge in [0.25, 0.3) is 0 Å². The number of fused-ring (bicyclic) bond motifs is 1. The lowest BCUT2D eigenvalue weighted by atomic mass is 9.97. The second kappa shape index (κ2) is 6.71. The van der Waals surface area contributed by atoms with Gasteiger partial charge in [-0.15, -0.1) is 0 Å². The van der Waals surface area contributed by atoms with Gasteiger partial charge in [0, 0.05) is 22.7 Å². The van der Waals surface area contributed by atoms with Gasteiger partial charge in [-0.3, -0.25) is 14.6 Å². The summed E-state index contributed by atoms with van der Waals surface area (Å²) >= 11 is 0. The molecule has 0 bridgehead atoms. The van der Waals surface area contributed by atoms with Gasteiger partial charge in [-0.05, 0) is 45.4 Å². The number of carbonyl (C=O) groups excluding carboxylic acids is 1. The number of benzene rings is 1. The molecule has 0 spiro atoms. The van der Waals surface area contributed by atoms with Crippen LogP contribution in [0.25, 0.3) is 22.0 Å². The Morgan fingerprint density at radius 2 is 2.00 bits per heavy atom. The van der Waals surface area contributed by atoms with Crippen LogP contribution in [0.2, 0.25) is 0 Å². The van der Waals surface area contributed by atoms with Crippen molar-refractivity contribution in [2.24, 2.45) is 0 Å². The van der Waals surface area contributed by atoms with Crippen molar-refractivity contribution in [2.75, 3.05) is 0 Å². The average molecular weight is 379 g/mol. The molecule has 6 nitrogen and oxygen atoms in total. The molecule has 2 aromatic heterocycles. The molecule has 3 aromatic rings. The van der Waals surface area contributed by atoms with Crippen LogP contribution in [-0.2, 0) is 17.5 Å². The minimum absolute atomic E-state index is 0.00164. The van der Waals surface area contributed by atoms with Crippen LogP contribution >= 0.6 is 0 Å². The zero-order valence-electron chi connectivity index (χ0n) is 15.4. The highest BCUT2D eigenvalue weighted by molar-refractivity contribution is 5.96. The number of aryl methyl sites for hydroxylation is 1. The number of halogens is 3. The topological polar surface area (TPSA) is 75.6 Å². The first-order valence-corrected chi connectivity index (χ1v) is 8.46. The Morgan fingerprint density at radius 3 is 2.63 bits per heavy atom. The second-order valence-corrected chi connectivity index (χ2v) is 6.78. The summed E-state index contributed by atoms with van der Waals surface area (Å²) in [6, 6.07) is 2.13. The summed E-state index contributed by atoms with van der Waals surface area (Å²) in [6.07, 6.45) is -2.99. The zero-order chi connectivity index (χ0) is 19.9. The zero-order valence-corrected chi connectivity index (χ0v) is 15.4. The largest absolute Gasteiger partial charge is 0.416 e. The van der Waals surface area contributed by atoms with Crippen molar-refractivity contribution in [3.05, 3.63) is 35.3 Å². The quantitative estimate of drug-likeness (QED) is 0.727. The molecule has 2 N–H and O–H groups in total. The standard InChI is InChI=1S/C18H20F3N5O/c1-9(2)23-16(27)8-26-11(4)17(10(3)25-26)13-5-12(18(19,20)21)6-15-14(13)7-22-24-15/h5-7,9H,8H2,1-4H3,(H,22,24)(H,23,27). The van der Waals surface area contributed by atoms with Crippen molar-refractivity contribution in [1.29, 1.82) is 0 Å². The van der Waals surface area contributed by atoms with Crippen LogP contribution < -0.4 is 5.32 Å². The van der Waals surface area contributed by atoms with Crippen LogP contribution in [0.4, 0.5) is 13.2 Å². The van der Waals surface area contributed by atoms with Crippen LogP contribution in [0.15, 0.2) is 18.3 Å². The molecule has 1 amide bonds. The molecule has 1 aromatic carbocycles. The maximum absolute atomic E-state index is 13.3. The molecule has 0 aliphatic rings. The van der Waals surface area contributed by atoms with E-state index in [9.17, 15) is 18.0 Å².